The predicted molar refractivity (Wildman–Crippen MR) is 68.9 cm³/mol. The maximum absolute atomic E-state index is 5.77. The zero-order valence-corrected chi connectivity index (χ0v) is 10.4. The number of hydrogen-bond donors (Lipinski definition) is 2. The minimum Gasteiger partial charge on any atom is -0.325 e. The Balaban J connectivity index is 3.97. The van der Waals surface area contributed by atoms with Gasteiger partial charge in [0.2, 0.25) is 0 Å². The first-order valence-corrected chi connectivity index (χ1v) is 6.04. The van der Waals surface area contributed by atoms with Gasteiger partial charge in [-0.25, -0.2) is 0 Å². The van der Waals surface area contributed by atoms with Gasteiger partial charge in [0.15, 0.2) is 0 Å². The standard InChI is InChI=1S/C13H26N2/c1-4-6-8-13(11-12(3)14)9-7-10-15-5-2/h6,8,11-12,15H,4-5,7,9-10,14H2,1-3H3/b8-6-,13-11+. The third-order valence-electron chi connectivity index (χ3n) is 2.11. The van der Waals surface area contributed by atoms with Gasteiger partial charge in [0.1, 0.15) is 0 Å². The lowest BCUT2D eigenvalue weighted by molar-refractivity contribution is 0.672. The molecule has 0 radical (unpaired) electrons. The van der Waals surface area contributed by atoms with E-state index in [9.17, 15) is 0 Å². The molecule has 1 atom stereocenters. The zero-order valence-electron chi connectivity index (χ0n) is 10.4. The van der Waals surface area contributed by atoms with Gasteiger partial charge in [0, 0.05) is 6.04 Å². The molecule has 0 aromatic rings. The summed E-state index contributed by atoms with van der Waals surface area (Å²) in [7, 11) is 0. The molecular formula is C13H26N2. The van der Waals surface area contributed by atoms with E-state index in [-0.39, 0.29) is 6.04 Å². The van der Waals surface area contributed by atoms with Crippen molar-refractivity contribution in [2.75, 3.05) is 13.1 Å². The monoisotopic (exact) mass is 210 g/mol. The summed E-state index contributed by atoms with van der Waals surface area (Å²) in [5.74, 6) is 0. The molecule has 0 aliphatic heterocycles. The van der Waals surface area contributed by atoms with Crippen LogP contribution in [0.4, 0.5) is 0 Å². The molecule has 0 bridgehead atoms. The molecule has 88 valence electrons. The van der Waals surface area contributed by atoms with Gasteiger partial charge in [0.05, 0.1) is 0 Å². The van der Waals surface area contributed by atoms with Crippen LogP contribution in [0.2, 0.25) is 0 Å². The minimum absolute atomic E-state index is 0.153. The van der Waals surface area contributed by atoms with E-state index in [0.29, 0.717) is 0 Å². The average Bonchev–Trinajstić information content (AvgIpc) is 2.19. The Morgan fingerprint density at radius 1 is 1.40 bits per heavy atom. The van der Waals surface area contributed by atoms with E-state index in [1.54, 1.807) is 0 Å². The average molecular weight is 210 g/mol. The van der Waals surface area contributed by atoms with Crippen LogP contribution in [0.3, 0.4) is 0 Å². The van der Waals surface area contributed by atoms with Gasteiger partial charge in [-0.3, -0.25) is 0 Å². The Morgan fingerprint density at radius 3 is 2.67 bits per heavy atom. The molecule has 0 heterocycles. The fourth-order valence-corrected chi connectivity index (χ4v) is 1.42. The molecule has 2 nitrogen and oxygen atoms in total. The summed E-state index contributed by atoms with van der Waals surface area (Å²) in [5, 5.41) is 3.33. The molecule has 0 saturated heterocycles. The van der Waals surface area contributed by atoms with Crippen molar-refractivity contribution in [1.82, 2.24) is 5.32 Å². The quantitative estimate of drug-likeness (QED) is 0.477. The highest BCUT2D eigenvalue weighted by atomic mass is 14.8. The van der Waals surface area contributed by atoms with Gasteiger partial charge in [-0.15, -0.1) is 0 Å². The molecule has 2 heteroatoms. The van der Waals surface area contributed by atoms with E-state index in [0.717, 1.165) is 25.9 Å². The Morgan fingerprint density at radius 2 is 2.13 bits per heavy atom. The topological polar surface area (TPSA) is 38.0 Å². The Bertz CT molecular complexity index is 193. The van der Waals surface area contributed by atoms with Crippen LogP contribution in [0.1, 0.15) is 40.0 Å². The molecular weight excluding hydrogens is 184 g/mol. The first-order valence-electron chi connectivity index (χ1n) is 6.04. The second kappa shape index (κ2) is 9.94. The molecule has 0 spiro atoms. The van der Waals surface area contributed by atoms with E-state index in [1.807, 2.05) is 6.92 Å². The largest absolute Gasteiger partial charge is 0.325 e. The van der Waals surface area contributed by atoms with Crippen LogP contribution >= 0.6 is 0 Å². The highest BCUT2D eigenvalue weighted by molar-refractivity contribution is 5.20. The SMILES string of the molecule is CC/C=C\C(=C/C(C)N)CCCNCC. The third kappa shape index (κ3) is 9.70. The van der Waals surface area contributed by atoms with Crippen LogP contribution in [-0.2, 0) is 0 Å². The van der Waals surface area contributed by atoms with Crippen LogP contribution < -0.4 is 11.1 Å². The van der Waals surface area contributed by atoms with Crippen molar-refractivity contribution in [3.8, 4) is 0 Å². The molecule has 0 aromatic carbocycles. The molecule has 1 unspecified atom stereocenters. The number of allylic oxidation sites excluding steroid dienone is 3. The van der Waals surface area contributed by atoms with Crippen LogP contribution in [0.25, 0.3) is 0 Å². The van der Waals surface area contributed by atoms with Gasteiger partial charge in [0.25, 0.3) is 0 Å². The maximum Gasteiger partial charge on any atom is 0.0200 e. The maximum atomic E-state index is 5.77. The van der Waals surface area contributed by atoms with E-state index in [1.165, 1.54) is 12.0 Å². The van der Waals surface area contributed by atoms with Crippen LogP contribution in [0.5, 0.6) is 0 Å². The van der Waals surface area contributed by atoms with Crippen molar-refractivity contribution >= 4 is 0 Å². The number of nitrogens with one attached hydrogen (secondary N) is 1. The van der Waals surface area contributed by atoms with Crippen LogP contribution in [0.15, 0.2) is 23.8 Å². The van der Waals surface area contributed by atoms with E-state index in [2.05, 4.69) is 37.4 Å². The Labute approximate surface area is 94.6 Å². The molecule has 0 amide bonds. The molecule has 3 N–H and O–H groups in total. The van der Waals surface area contributed by atoms with Gasteiger partial charge >= 0.3 is 0 Å². The molecule has 0 aromatic heterocycles. The highest BCUT2D eigenvalue weighted by Gasteiger charge is 1.95. The Hall–Kier alpha value is -0.600. The number of rotatable bonds is 8. The first kappa shape index (κ1) is 14.4. The van der Waals surface area contributed by atoms with Crippen LogP contribution in [0, 0.1) is 0 Å². The van der Waals surface area contributed by atoms with Gasteiger partial charge in [-0.1, -0.05) is 37.6 Å². The number of nitrogens with two attached hydrogens (primary N) is 1. The highest BCUT2D eigenvalue weighted by Crippen LogP contribution is 2.08. The second-order valence-electron chi connectivity index (χ2n) is 3.87. The molecule has 0 fully saturated rings. The summed E-state index contributed by atoms with van der Waals surface area (Å²) < 4.78 is 0. The minimum atomic E-state index is 0.153. The molecule has 0 aliphatic rings. The Kier molecular flexibility index (Phi) is 9.54. The second-order valence-corrected chi connectivity index (χ2v) is 3.87. The van der Waals surface area contributed by atoms with Gasteiger partial charge in [-0.2, -0.15) is 0 Å². The van der Waals surface area contributed by atoms with Crippen molar-refractivity contribution in [3.63, 3.8) is 0 Å². The van der Waals surface area contributed by atoms with Crippen LogP contribution in [-0.4, -0.2) is 19.1 Å². The predicted octanol–water partition coefficient (Wildman–Crippen LogP) is 2.62. The summed E-state index contributed by atoms with van der Waals surface area (Å²) in [6, 6.07) is 0.153. The fourth-order valence-electron chi connectivity index (χ4n) is 1.42. The van der Waals surface area contributed by atoms with E-state index < -0.39 is 0 Å². The molecule has 0 rings (SSSR count). The summed E-state index contributed by atoms with van der Waals surface area (Å²) in [5.41, 5.74) is 7.14. The summed E-state index contributed by atoms with van der Waals surface area (Å²) >= 11 is 0. The summed E-state index contributed by atoms with van der Waals surface area (Å²) in [6.07, 6.45) is 9.93. The third-order valence-corrected chi connectivity index (χ3v) is 2.11. The van der Waals surface area contributed by atoms with Crippen molar-refractivity contribution in [3.05, 3.63) is 23.8 Å². The molecule has 15 heavy (non-hydrogen) atoms. The normalized spacial score (nSPS) is 14.8. The summed E-state index contributed by atoms with van der Waals surface area (Å²) in [6.45, 7) is 8.45. The van der Waals surface area contributed by atoms with E-state index >= 15 is 0 Å². The zero-order chi connectivity index (χ0) is 11.5. The van der Waals surface area contributed by atoms with Gasteiger partial charge < -0.3 is 11.1 Å². The lowest BCUT2D eigenvalue weighted by Crippen LogP contribution is -2.14. The van der Waals surface area contributed by atoms with Crippen molar-refractivity contribution in [2.24, 2.45) is 5.73 Å². The van der Waals surface area contributed by atoms with Gasteiger partial charge in [-0.05, 0) is 39.3 Å². The molecule has 0 saturated carbocycles. The number of hydrogen-bond acceptors (Lipinski definition) is 2. The van der Waals surface area contributed by atoms with E-state index in [4.69, 9.17) is 5.73 Å². The lowest BCUT2D eigenvalue weighted by atomic mass is 10.1. The lowest BCUT2D eigenvalue weighted by Gasteiger charge is -2.05. The fraction of sp³-hybridized carbons (Fsp3) is 0.692. The molecule has 0 aliphatic carbocycles. The summed E-state index contributed by atoms with van der Waals surface area (Å²) in [4.78, 5) is 0. The van der Waals surface area contributed by atoms with Crippen molar-refractivity contribution < 1.29 is 0 Å². The van der Waals surface area contributed by atoms with Crippen molar-refractivity contribution in [2.45, 2.75) is 46.1 Å². The van der Waals surface area contributed by atoms with Crippen molar-refractivity contribution in [1.29, 1.82) is 0 Å². The smallest absolute Gasteiger partial charge is 0.0200 e. The first-order chi connectivity index (χ1) is 7.20.